The molecule has 148 valence electrons. The van der Waals surface area contributed by atoms with Crippen molar-refractivity contribution in [2.24, 2.45) is 11.8 Å². The number of nitrogens with zero attached hydrogens (tertiary/aromatic N) is 1. The normalized spacial score (nSPS) is 20.8. The second kappa shape index (κ2) is 8.77. The Hall–Kier alpha value is -3.03. The highest BCUT2D eigenvalue weighted by Crippen LogP contribution is 2.34. The van der Waals surface area contributed by atoms with Gasteiger partial charge in [0.1, 0.15) is 12.4 Å². The van der Waals surface area contributed by atoms with Crippen LogP contribution in [0.3, 0.4) is 0 Å². The lowest BCUT2D eigenvalue weighted by Gasteiger charge is -2.14. The fraction of sp³-hybridized carbons (Fsp3) is 0.400. The van der Waals surface area contributed by atoms with Gasteiger partial charge < -0.3 is 10.1 Å². The minimum atomic E-state index is -0.804. The van der Waals surface area contributed by atoms with Gasteiger partial charge in [-0.1, -0.05) is 24.3 Å². The van der Waals surface area contributed by atoms with Crippen LogP contribution in [0.2, 0.25) is 0 Å². The van der Waals surface area contributed by atoms with Gasteiger partial charge in [0.05, 0.1) is 11.8 Å². The minimum Gasteiger partial charge on any atom is -0.454 e. The Morgan fingerprint density at radius 3 is 2.29 bits per heavy atom. The van der Waals surface area contributed by atoms with E-state index in [2.05, 4.69) is 5.32 Å². The van der Waals surface area contributed by atoms with Crippen molar-refractivity contribution in [3.05, 3.63) is 47.8 Å². The van der Waals surface area contributed by atoms with Crippen LogP contribution in [-0.2, 0) is 30.3 Å². The van der Waals surface area contributed by atoms with Crippen molar-refractivity contribution in [1.82, 2.24) is 10.2 Å². The molecule has 7 nitrogen and oxygen atoms in total. The summed E-state index contributed by atoms with van der Waals surface area (Å²) in [5.74, 6) is -3.15. The zero-order chi connectivity index (χ0) is 20.1. The number of imide groups is 1. The Bertz CT molecular complexity index is 779. The average Bonchev–Trinajstić information content (AvgIpc) is 2.93. The number of allylic oxidation sites excluding steroid dienone is 2. The first-order valence-electron chi connectivity index (χ1n) is 9.12. The van der Waals surface area contributed by atoms with Crippen LogP contribution in [0.4, 0.5) is 4.39 Å². The second-order valence-electron chi connectivity index (χ2n) is 6.81. The molecule has 1 saturated heterocycles. The number of carbonyl (C=O) groups excluding carboxylic acids is 4. The van der Waals surface area contributed by atoms with Gasteiger partial charge in [-0.2, -0.15) is 0 Å². The average molecular weight is 388 g/mol. The zero-order valence-corrected chi connectivity index (χ0v) is 15.2. The molecule has 0 spiro atoms. The molecule has 1 aliphatic heterocycles. The summed E-state index contributed by atoms with van der Waals surface area (Å²) in [4.78, 5) is 49.2. The Morgan fingerprint density at radius 2 is 1.68 bits per heavy atom. The maximum Gasteiger partial charge on any atom is 0.326 e. The molecule has 1 fully saturated rings. The van der Waals surface area contributed by atoms with E-state index in [0.717, 1.165) is 10.5 Å². The van der Waals surface area contributed by atoms with E-state index in [4.69, 9.17) is 4.74 Å². The Labute approximate surface area is 161 Å². The molecular weight excluding hydrogens is 367 g/mol. The van der Waals surface area contributed by atoms with Gasteiger partial charge >= 0.3 is 5.97 Å². The summed E-state index contributed by atoms with van der Waals surface area (Å²) in [5, 5.41) is 2.59. The van der Waals surface area contributed by atoms with Crippen LogP contribution in [-0.4, -0.2) is 48.3 Å². The van der Waals surface area contributed by atoms with Crippen molar-refractivity contribution in [1.29, 1.82) is 0 Å². The van der Waals surface area contributed by atoms with Gasteiger partial charge in [0.25, 0.3) is 5.91 Å². The SMILES string of the molecule is O=C(COC(=O)CN1C(=O)[C@H]2CC=CC[C@@H]2C1=O)NCCc1ccc(F)cc1. The number of carbonyl (C=O) groups is 4. The molecule has 1 aromatic carbocycles. The molecule has 0 bridgehead atoms. The number of benzene rings is 1. The van der Waals surface area contributed by atoms with Gasteiger partial charge in [0.15, 0.2) is 6.61 Å². The van der Waals surface area contributed by atoms with Gasteiger partial charge in [-0.15, -0.1) is 0 Å². The number of nitrogens with one attached hydrogen (secondary N) is 1. The van der Waals surface area contributed by atoms with Crippen molar-refractivity contribution in [3.8, 4) is 0 Å². The smallest absolute Gasteiger partial charge is 0.326 e. The topological polar surface area (TPSA) is 92.8 Å². The number of hydrogen-bond acceptors (Lipinski definition) is 5. The molecule has 8 heteroatoms. The fourth-order valence-corrected chi connectivity index (χ4v) is 3.39. The lowest BCUT2D eigenvalue weighted by Crippen LogP contribution is -2.38. The molecule has 2 atom stereocenters. The zero-order valence-electron chi connectivity index (χ0n) is 15.2. The number of hydrogen-bond donors (Lipinski definition) is 1. The third-order valence-electron chi connectivity index (χ3n) is 4.90. The van der Waals surface area contributed by atoms with E-state index < -0.39 is 36.9 Å². The predicted octanol–water partition coefficient (Wildman–Crippen LogP) is 0.979. The van der Waals surface area contributed by atoms with Gasteiger partial charge in [0.2, 0.25) is 11.8 Å². The number of halogens is 1. The minimum absolute atomic E-state index is 0.307. The van der Waals surface area contributed by atoms with Crippen LogP contribution in [0.1, 0.15) is 18.4 Å². The summed E-state index contributed by atoms with van der Waals surface area (Å²) in [6.07, 6.45) is 5.23. The Kier molecular flexibility index (Phi) is 6.18. The van der Waals surface area contributed by atoms with Crippen LogP contribution in [0.15, 0.2) is 36.4 Å². The molecule has 1 N–H and O–H groups in total. The van der Waals surface area contributed by atoms with Gasteiger partial charge in [-0.25, -0.2) is 4.39 Å². The lowest BCUT2D eigenvalue weighted by molar-refractivity contribution is -0.154. The highest BCUT2D eigenvalue weighted by atomic mass is 19.1. The molecule has 0 aromatic heterocycles. The van der Waals surface area contributed by atoms with E-state index in [1.165, 1.54) is 12.1 Å². The van der Waals surface area contributed by atoms with Crippen LogP contribution in [0.25, 0.3) is 0 Å². The highest BCUT2D eigenvalue weighted by Gasteiger charge is 2.47. The van der Waals surface area contributed by atoms with Gasteiger partial charge in [-0.3, -0.25) is 24.1 Å². The quantitative estimate of drug-likeness (QED) is 0.427. The molecule has 3 amide bonds. The van der Waals surface area contributed by atoms with Crippen LogP contribution in [0, 0.1) is 17.7 Å². The van der Waals surface area contributed by atoms with E-state index >= 15 is 0 Å². The van der Waals surface area contributed by atoms with Crippen molar-refractivity contribution in [2.75, 3.05) is 19.7 Å². The summed E-state index contributed by atoms with van der Waals surface area (Å²) < 4.78 is 17.7. The maximum atomic E-state index is 12.8. The molecule has 0 unspecified atom stereocenters. The third kappa shape index (κ3) is 4.62. The molecular formula is C20H21FN2O5. The first-order chi connectivity index (χ1) is 13.5. The first kappa shape index (κ1) is 19.7. The van der Waals surface area contributed by atoms with Crippen molar-refractivity contribution < 1.29 is 28.3 Å². The first-order valence-corrected chi connectivity index (χ1v) is 9.12. The van der Waals surface area contributed by atoms with E-state index in [1.807, 2.05) is 12.2 Å². The summed E-state index contributed by atoms with van der Waals surface area (Å²) in [7, 11) is 0. The fourth-order valence-electron chi connectivity index (χ4n) is 3.39. The summed E-state index contributed by atoms with van der Waals surface area (Å²) in [6, 6.07) is 5.93. The summed E-state index contributed by atoms with van der Waals surface area (Å²) >= 11 is 0. The monoisotopic (exact) mass is 388 g/mol. The van der Waals surface area contributed by atoms with Crippen LogP contribution < -0.4 is 5.32 Å². The van der Waals surface area contributed by atoms with Crippen LogP contribution >= 0.6 is 0 Å². The van der Waals surface area contributed by atoms with E-state index in [0.29, 0.717) is 25.8 Å². The number of ether oxygens (including phenoxy) is 1. The number of amides is 3. The summed E-state index contributed by atoms with van der Waals surface area (Å²) in [6.45, 7) is -0.665. The Balaban J connectivity index is 1.38. The number of esters is 1. The van der Waals surface area contributed by atoms with E-state index in [-0.39, 0.29) is 17.6 Å². The molecule has 0 saturated carbocycles. The Morgan fingerprint density at radius 1 is 1.07 bits per heavy atom. The summed E-state index contributed by atoms with van der Waals surface area (Å²) in [5.41, 5.74) is 0.862. The highest BCUT2D eigenvalue weighted by molar-refractivity contribution is 6.07. The predicted molar refractivity (Wildman–Crippen MR) is 96.1 cm³/mol. The molecule has 1 aliphatic carbocycles. The second-order valence-corrected chi connectivity index (χ2v) is 6.81. The number of likely N-dealkylation sites (tertiary alicyclic amines) is 1. The van der Waals surface area contributed by atoms with Crippen molar-refractivity contribution in [3.63, 3.8) is 0 Å². The lowest BCUT2D eigenvalue weighted by atomic mass is 9.85. The van der Waals surface area contributed by atoms with E-state index in [1.54, 1.807) is 12.1 Å². The maximum absolute atomic E-state index is 12.8. The van der Waals surface area contributed by atoms with Crippen LogP contribution in [0.5, 0.6) is 0 Å². The van der Waals surface area contributed by atoms with Crippen molar-refractivity contribution >= 4 is 23.7 Å². The molecule has 1 aromatic rings. The molecule has 28 heavy (non-hydrogen) atoms. The molecule has 1 heterocycles. The number of fused-ring (bicyclic) bond motifs is 1. The molecule has 0 radical (unpaired) electrons. The van der Waals surface area contributed by atoms with Crippen molar-refractivity contribution in [2.45, 2.75) is 19.3 Å². The standard InChI is InChI=1S/C20H21FN2O5/c21-14-7-5-13(6-8-14)9-10-22-17(24)12-28-18(25)11-23-19(26)15-3-1-2-4-16(15)20(23)27/h1-2,5-8,15-16H,3-4,9-12H2,(H,22,24)/t15-,16-/m0/s1. The van der Waals surface area contributed by atoms with Gasteiger partial charge in [-0.05, 0) is 37.0 Å². The van der Waals surface area contributed by atoms with E-state index in [9.17, 15) is 23.6 Å². The van der Waals surface area contributed by atoms with Gasteiger partial charge in [0, 0.05) is 6.54 Å². The molecule has 3 rings (SSSR count). The number of rotatable bonds is 7. The molecule has 2 aliphatic rings. The third-order valence-corrected chi connectivity index (χ3v) is 4.90. The largest absolute Gasteiger partial charge is 0.454 e.